The summed E-state index contributed by atoms with van der Waals surface area (Å²) in [6.45, 7) is 0. The molecule has 0 fully saturated rings. The van der Waals surface area contributed by atoms with Crippen molar-refractivity contribution in [2.24, 2.45) is 4.99 Å². The van der Waals surface area contributed by atoms with Crippen LogP contribution in [0.25, 0.3) is 0 Å². The maximum Gasteiger partial charge on any atom is 0.402 e. The molecule has 0 saturated carbocycles. The largest absolute Gasteiger partial charge is 0.402 e. The van der Waals surface area contributed by atoms with Crippen LogP contribution < -0.4 is 0 Å². The summed E-state index contributed by atoms with van der Waals surface area (Å²) in [5.41, 5.74) is 0.646. The van der Waals surface area contributed by atoms with E-state index in [1.54, 1.807) is 12.1 Å². The topological polar surface area (TPSA) is 29.4 Å². The minimum absolute atomic E-state index is 0.646. The summed E-state index contributed by atoms with van der Waals surface area (Å²) in [6, 6.07) is 8.98. The maximum absolute atomic E-state index is 10.7. The van der Waals surface area contributed by atoms with Gasteiger partial charge in [-0.05, 0) is 12.1 Å². The molecule has 0 bridgehead atoms. The van der Waals surface area contributed by atoms with Crippen LogP contribution >= 0.6 is 11.6 Å². The van der Waals surface area contributed by atoms with Crippen molar-refractivity contribution in [3.05, 3.63) is 30.3 Å². The van der Waals surface area contributed by atoms with Crippen LogP contribution in [-0.2, 0) is 4.79 Å². The van der Waals surface area contributed by atoms with E-state index in [0.29, 0.717) is 5.69 Å². The van der Waals surface area contributed by atoms with Crippen molar-refractivity contribution in [3.8, 4) is 0 Å². The van der Waals surface area contributed by atoms with Gasteiger partial charge in [-0.3, -0.25) is 0 Å². The number of isocyanates is 1. The zero-order valence-electron chi connectivity index (χ0n) is 7.46. The Labute approximate surface area is 89.4 Å². The Morgan fingerprint density at radius 1 is 1.27 bits per heavy atom. The smallest absolute Gasteiger partial charge is 0.211 e. The van der Waals surface area contributed by atoms with Gasteiger partial charge in [0, 0.05) is 0 Å². The van der Waals surface area contributed by atoms with Crippen LogP contribution in [-0.4, -0.2) is 18.1 Å². The van der Waals surface area contributed by atoms with Gasteiger partial charge < -0.3 is 0 Å². The van der Waals surface area contributed by atoms with Crippen LogP contribution in [0.1, 0.15) is 0 Å². The molecule has 2 nitrogen and oxygen atoms in total. The van der Waals surface area contributed by atoms with Gasteiger partial charge >= 0.3 is 6.18 Å². The van der Waals surface area contributed by atoms with Gasteiger partial charge in [-0.2, -0.15) is 18.2 Å². The van der Waals surface area contributed by atoms with E-state index in [1.807, 2.05) is 18.2 Å². The van der Waals surface area contributed by atoms with Crippen LogP contribution in [0.5, 0.6) is 0 Å². The summed E-state index contributed by atoms with van der Waals surface area (Å²) in [6.07, 6.45) is -2.73. The van der Waals surface area contributed by atoms with Crippen molar-refractivity contribution >= 4 is 23.4 Å². The van der Waals surface area contributed by atoms with Crippen molar-refractivity contribution in [3.63, 3.8) is 0 Å². The number of hydrogen-bond donors (Lipinski definition) is 0. The molecule has 0 heterocycles. The Bertz CT molecular complexity index is 320. The summed E-state index contributed by atoms with van der Waals surface area (Å²) in [7, 11) is 0. The third-order valence-electron chi connectivity index (χ3n) is 1.08. The predicted molar refractivity (Wildman–Crippen MR) is 51.0 cm³/mol. The van der Waals surface area contributed by atoms with Crippen molar-refractivity contribution in [1.82, 2.24) is 0 Å². The molecule has 0 saturated heterocycles. The molecule has 0 amide bonds. The van der Waals surface area contributed by atoms with E-state index in [-0.39, 0.29) is 0 Å². The predicted octanol–water partition coefficient (Wildman–Crippen LogP) is 3.44. The average Bonchev–Trinajstić information content (AvgIpc) is 2.20. The van der Waals surface area contributed by atoms with Crippen LogP contribution in [0.3, 0.4) is 0 Å². The second-order valence-electron chi connectivity index (χ2n) is 2.29. The Kier molecular flexibility index (Phi) is 6.42. The highest BCUT2D eigenvalue weighted by Gasteiger charge is 2.24. The number of halogens is 4. The molecule has 0 aliphatic heterocycles. The number of rotatable bonds is 1. The highest BCUT2D eigenvalue weighted by Crippen LogP contribution is 2.14. The molecule has 0 aliphatic carbocycles. The monoisotopic (exact) mass is 237 g/mol. The molecule has 0 aromatic heterocycles. The zero-order valence-corrected chi connectivity index (χ0v) is 8.22. The molecule has 1 aromatic carbocycles. The van der Waals surface area contributed by atoms with Crippen molar-refractivity contribution in [2.75, 3.05) is 5.88 Å². The first kappa shape index (κ1) is 13.7. The number of benzene rings is 1. The van der Waals surface area contributed by atoms with Gasteiger partial charge in [0.2, 0.25) is 6.08 Å². The Morgan fingerprint density at radius 3 is 2.07 bits per heavy atom. The molecule has 6 heteroatoms. The molecule has 0 atom stereocenters. The van der Waals surface area contributed by atoms with E-state index in [4.69, 9.17) is 0 Å². The van der Waals surface area contributed by atoms with Gasteiger partial charge in [-0.15, -0.1) is 11.6 Å². The Balaban J connectivity index is 0.000000288. The molecule has 0 unspecified atom stereocenters. The first-order chi connectivity index (χ1) is 6.99. The lowest BCUT2D eigenvalue weighted by Gasteiger charge is -1.94. The van der Waals surface area contributed by atoms with E-state index in [9.17, 15) is 18.0 Å². The molecule has 0 N–H and O–H groups in total. The summed E-state index contributed by atoms with van der Waals surface area (Å²) in [5.74, 6) is -1.26. The van der Waals surface area contributed by atoms with Crippen LogP contribution in [0.15, 0.2) is 35.3 Å². The number of para-hydroxylation sites is 1. The summed E-state index contributed by atoms with van der Waals surface area (Å²) < 4.78 is 32.0. The SMILES string of the molecule is FC(F)(F)CCl.O=C=Nc1ccccc1. The average molecular weight is 238 g/mol. The van der Waals surface area contributed by atoms with Crippen molar-refractivity contribution < 1.29 is 18.0 Å². The minimum atomic E-state index is -4.19. The number of hydrogen-bond acceptors (Lipinski definition) is 2. The minimum Gasteiger partial charge on any atom is -0.211 e. The fourth-order valence-electron chi connectivity index (χ4n) is 0.555. The number of carbonyl (C=O) groups excluding carboxylic acids is 1. The molecule has 0 aliphatic rings. The maximum atomic E-state index is 10.7. The fourth-order valence-corrected chi connectivity index (χ4v) is 0.555. The standard InChI is InChI=1S/C7H5NO.C2H2ClF3/c9-6-8-7-4-2-1-3-5-7;3-1-2(4,5)6/h1-5H;1H2. The lowest BCUT2D eigenvalue weighted by atomic mass is 10.3. The van der Waals surface area contributed by atoms with Crippen molar-refractivity contribution in [1.29, 1.82) is 0 Å². The molecular weight excluding hydrogens is 231 g/mol. The normalized spacial score (nSPS) is 9.60. The molecule has 1 rings (SSSR count). The number of nitrogens with zero attached hydrogens (tertiary/aromatic N) is 1. The van der Waals surface area contributed by atoms with E-state index in [0.717, 1.165) is 0 Å². The number of aliphatic imine (C=N–C) groups is 1. The summed E-state index contributed by atoms with van der Waals surface area (Å²) >= 11 is 4.35. The molecule has 15 heavy (non-hydrogen) atoms. The van der Waals surface area contributed by atoms with Gasteiger partial charge in [-0.1, -0.05) is 18.2 Å². The van der Waals surface area contributed by atoms with Crippen molar-refractivity contribution in [2.45, 2.75) is 6.18 Å². The third kappa shape index (κ3) is 9.00. The van der Waals surface area contributed by atoms with Crippen LogP contribution in [0, 0.1) is 0 Å². The lowest BCUT2D eigenvalue weighted by Crippen LogP contribution is -2.07. The fraction of sp³-hybridized carbons (Fsp3) is 0.222. The molecule has 0 radical (unpaired) electrons. The first-order valence-electron chi connectivity index (χ1n) is 3.75. The summed E-state index contributed by atoms with van der Waals surface area (Å²) in [5, 5.41) is 0. The third-order valence-corrected chi connectivity index (χ3v) is 1.39. The first-order valence-corrected chi connectivity index (χ1v) is 4.28. The molecule has 82 valence electrons. The van der Waals surface area contributed by atoms with Gasteiger partial charge in [0.05, 0.1) is 5.69 Å². The van der Waals surface area contributed by atoms with Gasteiger partial charge in [0.25, 0.3) is 0 Å². The quantitative estimate of drug-likeness (QED) is 0.418. The highest BCUT2D eigenvalue weighted by atomic mass is 35.5. The van der Waals surface area contributed by atoms with Gasteiger partial charge in [0.15, 0.2) is 0 Å². The van der Waals surface area contributed by atoms with E-state index >= 15 is 0 Å². The summed E-state index contributed by atoms with van der Waals surface area (Å²) in [4.78, 5) is 13.1. The van der Waals surface area contributed by atoms with Gasteiger partial charge in [0.1, 0.15) is 5.88 Å². The van der Waals surface area contributed by atoms with Crippen LogP contribution in [0.4, 0.5) is 18.9 Å². The Hall–Kier alpha value is -1.32. The number of alkyl halides is 4. The molecule has 1 aromatic rings. The van der Waals surface area contributed by atoms with E-state index in [2.05, 4.69) is 16.6 Å². The molecule has 0 spiro atoms. The second kappa shape index (κ2) is 7.04. The van der Waals surface area contributed by atoms with Crippen LogP contribution in [0.2, 0.25) is 0 Å². The lowest BCUT2D eigenvalue weighted by molar-refractivity contribution is -0.106. The van der Waals surface area contributed by atoms with E-state index in [1.165, 1.54) is 6.08 Å². The van der Waals surface area contributed by atoms with E-state index < -0.39 is 12.1 Å². The highest BCUT2D eigenvalue weighted by molar-refractivity contribution is 6.18. The molecular formula is C9H7ClF3NO. The van der Waals surface area contributed by atoms with Gasteiger partial charge in [-0.25, -0.2) is 4.79 Å². The zero-order chi connectivity index (χ0) is 11.7. The Morgan fingerprint density at radius 2 is 1.73 bits per heavy atom. The second-order valence-corrected chi connectivity index (χ2v) is 2.55.